The predicted molar refractivity (Wildman–Crippen MR) is 86.8 cm³/mol. The SMILES string of the molecule is CC(C)(C)OC(=O)CCOC(=O)N[C@@H](CC(=O)O)C(=O)OC(C)(C)C. The molecule has 1 amide bonds. The summed E-state index contributed by atoms with van der Waals surface area (Å²) < 4.78 is 14.9. The van der Waals surface area contributed by atoms with Crippen LogP contribution in [-0.2, 0) is 28.6 Å². The second-order valence-electron chi connectivity index (χ2n) is 7.30. The van der Waals surface area contributed by atoms with Gasteiger partial charge in [-0.05, 0) is 41.5 Å². The highest BCUT2D eigenvalue weighted by Crippen LogP contribution is 2.10. The fraction of sp³-hybridized carbons (Fsp3) is 0.750. The van der Waals surface area contributed by atoms with Crippen molar-refractivity contribution in [3.63, 3.8) is 0 Å². The van der Waals surface area contributed by atoms with Crippen molar-refractivity contribution in [2.24, 2.45) is 0 Å². The van der Waals surface area contributed by atoms with Crippen LogP contribution < -0.4 is 5.32 Å². The first kappa shape index (κ1) is 22.7. The van der Waals surface area contributed by atoms with Gasteiger partial charge in [-0.1, -0.05) is 0 Å². The fourth-order valence-corrected chi connectivity index (χ4v) is 1.54. The fourth-order valence-electron chi connectivity index (χ4n) is 1.54. The lowest BCUT2D eigenvalue weighted by atomic mass is 10.1. The van der Waals surface area contributed by atoms with Gasteiger partial charge in [-0.2, -0.15) is 0 Å². The molecule has 9 nitrogen and oxygen atoms in total. The molecule has 0 fully saturated rings. The highest BCUT2D eigenvalue weighted by atomic mass is 16.6. The van der Waals surface area contributed by atoms with E-state index >= 15 is 0 Å². The number of ether oxygens (including phenoxy) is 3. The third-order valence-electron chi connectivity index (χ3n) is 2.32. The van der Waals surface area contributed by atoms with E-state index in [0.29, 0.717) is 0 Å². The quantitative estimate of drug-likeness (QED) is 0.517. The van der Waals surface area contributed by atoms with Gasteiger partial charge in [-0.3, -0.25) is 9.59 Å². The Morgan fingerprint density at radius 2 is 1.48 bits per heavy atom. The summed E-state index contributed by atoms with van der Waals surface area (Å²) in [6.07, 6.45) is -1.85. The summed E-state index contributed by atoms with van der Waals surface area (Å²) in [6, 6.07) is -1.40. The summed E-state index contributed by atoms with van der Waals surface area (Å²) in [4.78, 5) is 45.9. The number of carbonyl (C=O) groups is 4. The van der Waals surface area contributed by atoms with Crippen molar-refractivity contribution in [1.29, 1.82) is 0 Å². The first-order valence-electron chi connectivity index (χ1n) is 7.79. The monoisotopic (exact) mass is 361 g/mol. The van der Waals surface area contributed by atoms with Crippen LogP contribution in [0.4, 0.5) is 4.79 Å². The Kier molecular flexibility index (Phi) is 8.38. The van der Waals surface area contributed by atoms with Gasteiger partial charge in [0.15, 0.2) is 0 Å². The molecule has 0 bridgehead atoms. The van der Waals surface area contributed by atoms with Crippen LogP contribution in [0.2, 0.25) is 0 Å². The first-order chi connectivity index (χ1) is 11.2. The highest BCUT2D eigenvalue weighted by molar-refractivity contribution is 5.86. The molecule has 0 aromatic carbocycles. The molecule has 25 heavy (non-hydrogen) atoms. The van der Waals surface area contributed by atoms with Crippen LogP contribution in [0.25, 0.3) is 0 Å². The molecule has 0 aliphatic heterocycles. The minimum Gasteiger partial charge on any atom is -0.481 e. The molecule has 9 heteroatoms. The number of alkyl carbamates (subject to hydrolysis) is 1. The topological polar surface area (TPSA) is 128 Å². The molecule has 0 aliphatic carbocycles. The summed E-state index contributed by atoms with van der Waals surface area (Å²) in [5, 5.41) is 11.0. The van der Waals surface area contributed by atoms with Crippen molar-refractivity contribution in [2.45, 2.75) is 71.6 Å². The van der Waals surface area contributed by atoms with E-state index in [9.17, 15) is 19.2 Å². The van der Waals surface area contributed by atoms with Crippen LogP contribution in [-0.4, -0.2) is 53.0 Å². The van der Waals surface area contributed by atoms with Gasteiger partial charge in [-0.25, -0.2) is 9.59 Å². The Hall–Kier alpha value is -2.32. The van der Waals surface area contributed by atoms with Gasteiger partial charge in [0.2, 0.25) is 0 Å². The van der Waals surface area contributed by atoms with Gasteiger partial charge in [0.25, 0.3) is 0 Å². The lowest BCUT2D eigenvalue weighted by Gasteiger charge is -2.23. The van der Waals surface area contributed by atoms with E-state index in [1.165, 1.54) is 0 Å². The van der Waals surface area contributed by atoms with Gasteiger partial charge in [0.05, 0.1) is 12.8 Å². The number of carboxylic acids is 1. The van der Waals surface area contributed by atoms with E-state index in [-0.39, 0.29) is 13.0 Å². The Labute approximate surface area is 147 Å². The standard InChI is InChI=1S/C16H27NO8/c1-15(2,3)24-12(20)7-8-23-14(22)17-10(9-11(18)19)13(21)25-16(4,5)6/h10H,7-9H2,1-6H3,(H,17,22)(H,18,19)/t10-/m0/s1. The molecule has 0 radical (unpaired) electrons. The van der Waals surface area contributed by atoms with E-state index in [1.54, 1.807) is 41.5 Å². The van der Waals surface area contributed by atoms with Crippen molar-refractivity contribution in [3.8, 4) is 0 Å². The normalized spacial score (nSPS) is 12.7. The maximum Gasteiger partial charge on any atom is 0.407 e. The molecule has 0 aromatic heterocycles. The zero-order chi connectivity index (χ0) is 19.8. The maximum atomic E-state index is 11.9. The molecular weight excluding hydrogens is 334 g/mol. The minimum atomic E-state index is -1.40. The zero-order valence-electron chi connectivity index (χ0n) is 15.5. The summed E-state index contributed by atoms with van der Waals surface area (Å²) in [6.45, 7) is 9.68. The third kappa shape index (κ3) is 12.7. The number of rotatable bonds is 7. The molecule has 0 aromatic rings. The Morgan fingerprint density at radius 3 is 1.92 bits per heavy atom. The van der Waals surface area contributed by atoms with Gasteiger partial charge in [-0.15, -0.1) is 0 Å². The average Bonchev–Trinajstić information content (AvgIpc) is 2.32. The molecule has 0 aliphatic rings. The van der Waals surface area contributed by atoms with Gasteiger partial charge in [0, 0.05) is 0 Å². The van der Waals surface area contributed by atoms with Crippen molar-refractivity contribution >= 4 is 24.0 Å². The van der Waals surface area contributed by atoms with Crippen molar-refractivity contribution in [2.75, 3.05) is 6.61 Å². The van der Waals surface area contributed by atoms with Crippen LogP contribution in [0.1, 0.15) is 54.4 Å². The lowest BCUT2D eigenvalue weighted by molar-refractivity contribution is -0.160. The van der Waals surface area contributed by atoms with Crippen LogP contribution in [0.3, 0.4) is 0 Å². The number of carbonyl (C=O) groups excluding carboxylic acids is 3. The van der Waals surface area contributed by atoms with Gasteiger partial charge in [0.1, 0.15) is 23.9 Å². The Morgan fingerprint density at radius 1 is 0.960 bits per heavy atom. The second-order valence-corrected chi connectivity index (χ2v) is 7.30. The van der Waals surface area contributed by atoms with E-state index in [1.807, 2.05) is 0 Å². The van der Waals surface area contributed by atoms with Crippen molar-refractivity contribution in [3.05, 3.63) is 0 Å². The molecule has 2 N–H and O–H groups in total. The Bertz CT molecular complexity index is 501. The van der Waals surface area contributed by atoms with Crippen molar-refractivity contribution in [1.82, 2.24) is 5.32 Å². The summed E-state index contributed by atoms with van der Waals surface area (Å²) in [5.41, 5.74) is -1.49. The van der Waals surface area contributed by atoms with Crippen LogP contribution in [0.15, 0.2) is 0 Å². The number of nitrogens with one attached hydrogen (secondary N) is 1. The van der Waals surface area contributed by atoms with E-state index in [4.69, 9.17) is 19.3 Å². The van der Waals surface area contributed by atoms with Crippen molar-refractivity contribution < 1.29 is 38.5 Å². The highest BCUT2D eigenvalue weighted by Gasteiger charge is 2.29. The average molecular weight is 361 g/mol. The minimum absolute atomic E-state index is 0.166. The molecule has 0 saturated carbocycles. The molecule has 0 heterocycles. The van der Waals surface area contributed by atoms with Gasteiger partial charge >= 0.3 is 24.0 Å². The number of esters is 2. The summed E-state index contributed by atoms with van der Waals surface area (Å²) >= 11 is 0. The number of carboxylic acid groups (broad SMARTS) is 1. The smallest absolute Gasteiger partial charge is 0.407 e. The molecule has 144 valence electrons. The van der Waals surface area contributed by atoms with Crippen LogP contribution >= 0.6 is 0 Å². The van der Waals surface area contributed by atoms with E-state index in [2.05, 4.69) is 5.32 Å². The first-order valence-corrected chi connectivity index (χ1v) is 7.79. The largest absolute Gasteiger partial charge is 0.481 e. The number of amides is 1. The molecule has 0 unspecified atom stereocenters. The number of hydrogen-bond donors (Lipinski definition) is 2. The maximum absolute atomic E-state index is 11.9. The predicted octanol–water partition coefficient (Wildman–Crippen LogP) is 1.63. The van der Waals surface area contributed by atoms with Gasteiger partial charge < -0.3 is 24.6 Å². The number of hydrogen-bond acceptors (Lipinski definition) is 7. The van der Waals surface area contributed by atoms with Crippen LogP contribution in [0, 0.1) is 0 Å². The molecule has 0 saturated heterocycles. The Balaban J connectivity index is 4.50. The van der Waals surface area contributed by atoms with Crippen LogP contribution in [0.5, 0.6) is 0 Å². The summed E-state index contributed by atoms with van der Waals surface area (Å²) in [7, 11) is 0. The lowest BCUT2D eigenvalue weighted by Crippen LogP contribution is -2.45. The molecule has 0 rings (SSSR count). The third-order valence-corrected chi connectivity index (χ3v) is 2.32. The molecule has 0 spiro atoms. The molecular formula is C16H27NO8. The second kappa shape index (κ2) is 9.24. The van der Waals surface area contributed by atoms with E-state index < -0.39 is 47.7 Å². The number of aliphatic carboxylic acids is 1. The zero-order valence-corrected chi connectivity index (χ0v) is 15.5. The molecule has 1 atom stereocenters. The van der Waals surface area contributed by atoms with E-state index in [0.717, 1.165) is 0 Å². The summed E-state index contributed by atoms with van der Waals surface area (Å²) in [5.74, 6) is -2.72.